The lowest BCUT2D eigenvalue weighted by atomic mass is 9.85. The van der Waals surface area contributed by atoms with E-state index in [1.54, 1.807) is 0 Å². The van der Waals surface area contributed by atoms with E-state index in [0.717, 1.165) is 22.3 Å². The van der Waals surface area contributed by atoms with Crippen LogP contribution in [0.2, 0.25) is 19.6 Å². The lowest BCUT2D eigenvalue weighted by molar-refractivity contribution is 1.07. The lowest BCUT2D eigenvalue weighted by Gasteiger charge is -2.20. The Hall–Kier alpha value is -5.71. The Morgan fingerprint density at radius 2 is 0.708 bits per heavy atom. The smallest absolute Gasteiger partial charge is 0.164 e. The molecule has 0 fully saturated rings. The first-order chi connectivity index (χ1) is 23.4. The molecule has 0 bridgehead atoms. The van der Waals surface area contributed by atoms with Crippen LogP contribution in [0.1, 0.15) is 0 Å². The average molecular weight is 634 g/mol. The molecule has 8 rings (SSSR count). The van der Waals surface area contributed by atoms with Gasteiger partial charge in [0.1, 0.15) is 0 Å². The highest BCUT2D eigenvalue weighted by Crippen LogP contribution is 2.44. The quantitative estimate of drug-likeness (QED) is 0.135. The Morgan fingerprint density at radius 3 is 1.17 bits per heavy atom. The first kappa shape index (κ1) is 29.7. The van der Waals surface area contributed by atoms with Gasteiger partial charge in [0.25, 0.3) is 0 Å². The first-order valence-electron chi connectivity index (χ1n) is 16.5. The molecule has 0 unspecified atom stereocenters. The van der Waals surface area contributed by atoms with Crippen LogP contribution in [-0.4, -0.2) is 23.0 Å². The summed E-state index contributed by atoms with van der Waals surface area (Å²) in [7, 11) is -1.41. The van der Waals surface area contributed by atoms with Crippen molar-refractivity contribution in [2.45, 2.75) is 19.6 Å². The van der Waals surface area contributed by atoms with Crippen LogP contribution in [0.15, 0.2) is 158 Å². The Kier molecular flexibility index (Phi) is 7.51. The summed E-state index contributed by atoms with van der Waals surface area (Å²) in [6, 6.07) is 55.9. The van der Waals surface area contributed by atoms with Gasteiger partial charge >= 0.3 is 0 Å². The normalized spacial score (nSPS) is 11.6. The molecule has 0 aliphatic heterocycles. The van der Waals surface area contributed by atoms with Crippen molar-refractivity contribution in [2.75, 3.05) is 0 Å². The Morgan fingerprint density at radius 1 is 0.333 bits per heavy atom. The molecule has 0 saturated heterocycles. The van der Waals surface area contributed by atoms with Gasteiger partial charge in [-0.15, -0.1) is 0 Å². The van der Waals surface area contributed by atoms with Crippen molar-refractivity contribution in [1.29, 1.82) is 0 Å². The zero-order chi connectivity index (χ0) is 32.7. The highest BCUT2D eigenvalue weighted by atomic mass is 28.3. The molecule has 0 amide bonds. The third-order valence-corrected chi connectivity index (χ3v) is 11.1. The van der Waals surface area contributed by atoms with Gasteiger partial charge in [0.15, 0.2) is 17.5 Å². The van der Waals surface area contributed by atoms with Crippen molar-refractivity contribution in [3.8, 4) is 56.4 Å². The predicted octanol–water partition coefficient (Wildman–Crippen LogP) is 11.1. The Labute approximate surface area is 282 Å². The van der Waals surface area contributed by atoms with E-state index >= 15 is 0 Å². The van der Waals surface area contributed by atoms with E-state index < -0.39 is 8.07 Å². The number of rotatable bonds is 6. The summed E-state index contributed by atoms with van der Waals surface area (Å²) in [6.07, 6.45) is 0. The maximum atomic E-state index is 5.02. The average Bonchev–Trinajstić information content (AvgIpc) is 3.14. The molecule has 48 heavy (non-hydrogen) atoms. The van der Waals surface area contributed by atoms with Crippen LogP contribution >= 0.6 is 0 Å². The molecule has 1 aromatic heterocycles. The van der Waals surface area contributed by atoms with E-state index in [2.05, 4.69) is 117 Å². The predicted molar refractivity (Wildman–Crippen MR) is 205 cm³/mol. The fourth-order valence-electron chi connectivity index (χ4n) is 6.64. The summed E-state index contributed by atoms with van der Waals surface area (Å²) in [4.78, 5) is 14.9. The maximum Gasteiger partial charge on any atom is 0.164 e. The first-order valence-corrected chi connectivity index (χ1v) is 20.0. The standard InChI is InChI=1S/C44H35N3Si/c1-48(2,3)35-27-25-30(26-28-35)40-36-21-10-12-23-38(36)41(39-24-13-11-22-37(39)40)33-19-14-20-34(29-33)44-46-42(31-15-6-4-7-16-31)45-43(47-44)32-17-8-5-9-18-32/h4-29H,1-3H3. The van der Waals surface area contributed by atoms with Gasteiger partial charge in [-0.1, -0.05) is 176 Å². The molecule has 0 atom stereocenters. The van der Waals surface area contributed by atoms with Crippen LogP contribution in [0.25, 0.3) is 78.0 Å². The fraction of sp³-hybridized carbons (Fsp3) is 0.0682. The molecular weight excluding hydrogens is 599 g/mol. The van der Waals surface area contributed by atoms with Crippen molar-refractivity contribution in [3.63, 3.8) is 0 Å². The minimum atomic E-state index is -1.41. The molecule has 0 aliphatic rings. The highest BCUT2D eigenvalue weighted by molar-refractivity contribution is 6.88. The van der Waals surface area contributed by atoms with E-state index in [1.165, 1.54) is 43.4 Å². The van der Waals surface area contributed by atoms with E-state index in [-0.39, 0.29) is 0 Å². The largest absolute Gasteiger partial charge is 0.208 e. The summed E-state index contributed by atoms with van der Waals surface area (Å²) >= 11 is 0. The van der Waals surface area contributed by atoms with Gasteiger partial charge in [-0.3, -0.25) is 0 Å². The molecule has 0 aliphatic carbocycles. The number of nitrogens with zero attached hydrogens (tertiary/aromatic N) is 3. The summed E-state index contributed by atoms with van der Waals surface area (Å²) in [6.45, 7) is 7.20. The molecule has 1 heterocycles. The fourth-order valence-corrected chi connectivity index (χ4v) is 7.81. The molecule has 0 N–H and O–H groups in total. The maximum absolute atomic E-state index is 5.02. The van der Waals surface area contributed by atoms with Gasteiger partial charge in [-0.25, -0.2) is 15.0 Å². The Bertz CT molecular complexity index is 2300. The van der Waals surface area contributed by atoms with Crippen molar-refractivity contribution < 1.29 is 0 Å². The third-order valence-electron chi connectivity index (χ3n) is 9.08. The second kappa shape index (κ2) is 12.1. The minimum absolute atomic E-state index is 0.650. The minimum Gasteiger partial charge on any atom is -0.208 e. The molecule has 7 aromatic carbocycles. The van der Waals surface area contributed by atoms with Crippen LogP contribution in [0, 0.1) is 0 Å². The molecule has 4 heteroatoms. The van der Waals surface area contributed by atoms with Crippen LogP contribution in [0.4, 0.5) is 0 Å². The zero-order valence-electron chi connectivity index (χ0n) is 27.4. The Balaban J connectivity index is 1.33. The molecule has 230 valence electrons. The number of benzene rings is 7. The highest BCUT2D eigenvalue weighted by Gasteiger charge is 2.20. The molecule has 0 spiro atoms. The second-order valence-corrected chi connectivity index (χ2v) is 18.4. The van der Waals surface area contributed by atoms with Gasteiger partial charge in [0, 0.05) is 16.7 Å². The van der Waals surface area contributed by atoms with Crippen LogP contribution in [0.5, 0.6) is 0 Å². The van der Waals surface area contributed by atoms with E-state index in [0.29, 0.717) is 17.5 Å². The molecular formula is C44H35N3Si. The molecule has 3 nitrogen and oxygen atoms in total. The van der Waals surface area contributed by atoms with Crippen LogP contribution in [0.3, 0.4) is 0 Å². The summed E-state index contributed by atoms with van der Waals surface area (Å²) in [5.41, 5.74) is 7.73. The van der Waals surface area contributed by atoms with Crippen molar-refractivity contribution in [1.82, 2.24) is 15.0 Å². The van der Waals surface area contributed by atoms with Crippen LogP contribution in [-0.2, 0) is 0 Å². The van der Waals surface area contributed by atoms with Crippen molar-refractivity contribution >= 4 is 34.8 Å². The monoisotopic (exact) mass is 633 g/mol. The van der Waals surface area contributed by atoms with E-state index in [1.807, 2.05) is 60.7 Å². The van der Waals surface area contributed by atoms with Gasteiger partial charge < -0.3 is 0 Å². The SMILES string of the molecule is C[Si](C)(C)c1ccc(-c2c3ccccc3c(-c3cccc(-c4nc(-c5ccccc5)nc(-c5ccccc5)n4)c3)c3ccccc23)cc1. The molecule has 0 radical (unpaired) electrons. The number of aromatic nitrogens is 3. The lowest BCUT2D eigenvalue weighted by Crippen LogP contribution is -2.37. The summed E-state index contributed by atoms with van der Waals surface area (Å²) in [5, 5.41) is 6.41. The molecule has 8 aromatic rings. The zero-order valence-corrected chi connectivity index (χ0v) is 28.4. The summed E-state index contributed by atoms with van der Waals surface area (Å²) in [5.74, 6) is 1.97. The number of fused-ring (bicyclic) bond motifs is 2. The van der Waals surface area contributed by atoms with Gasteiger partial charge in [0.05, 0.1) is 8.07 Å². The van der Waals surface area contributed by atoms with E-state index in [9.17, 15) is 0 Å². The summed E-state index contributed by atoms with van der Waals surface area (Å²) < 4.78 is 0. The van der Waals surface area contributed by atoms with Crippen molar-refractivity contribution in [2.24, 2.45) is 0 Å². The van der Waals surface area contributed by atoms with Crippen molar-refractivity contribution in [3.05, 3.63) is 158 Å². The molecule has 0 saturated carbocycles. The second-order valence-electron chi connectivity index (χ2n) is 13.3. The van der Waals surface area contributed by atoms with Gasteiger partial charge in [-0.2, -0.15) is 0 Å². The number of hydrogen-bond donors (Lipinski definition) is 0. The van der Waals surface area contributed by atoms with Gasteiger partial charge in [-0.05, 0) is 49.9 Å². The topological polar surface area (TPSA) is 38.7 Å². The third kappa shape index (κ3) is 5.50. The van der Waals surface area contributed by atoms with Crippen LogP contribution < -0.4 is 5.19 Å². The van der Waals surface area contributed by atoms with E-state index in [4.69, 9.17) is 15.0 Å². The van der Waals surface area contributed by atoms with Gasteiger partial charge in [0.2, 0.25) is 0 Å². The number of hydrogen-bond acceptors (Lipinski definition) is 3.